The van der Waals surface area contributed by atoms with Gasteiger partial charge in [-0.15, -0.1) is 13.2 Å². The van der Waals surface area contributed by atoms with Gasteiger partial charge >= 0.3 is 6.36 Å². The van der Waals surface area contributed by atoms with Crippen LogP contribution in [0.4, 0.5) is 19.0 Å². The Morgan fingerprint density at radius 2 is 2.13 bits per heavy atom. The molecule has 3 atom stereocenters. The van der Waals surface area contributed by atoms with Crippen molar-refractivity contribution in [3.8, 4) is 5.75 Å². The Hall–Kier alpha value is -2.33. The molecule has 7 nitrogen and oxygen atoms in total. The molecular formula is C20H26F3N5O2. The highest BCUT2D eigenvalue weighted by molar-refractivity contribution is 6.03. The molecule has 0 radical (unpaired) electrons. The summed E-state index contributed by atoms with van der Waals surface area (Å²) in [5, 5.41) is 0. The van der Waals surface area contributed by atoms with Gasteiger partial charge in [0.2, 0.25) is 0 Å². The van der Waals surface area contributed by atoms with Crippen LogP contribution in [-0.4, -0.2) is 59.8 Å². The zero-order valence-corrected chi connectivity index (χ0v) is 16.9. The zero-order valence-electron chi connectivity index (χ0n) is 16.9. The number of aromatic nitrogens is 1. The van der Waals surface area contributed by atoms with Crippen molar-refractivity contribution in [2.24, 2.45) is 22.6 Å². The number of halogens is 3. The fraction of sp³-hybridized carbons (Fsp3) is 0.600. The Kier molecular flexibility index (Phi) is 5.39. The fourth-order valence-electron chi connectivity index (χ4n) is 4.51. The van der Waals surface area contributed by atoms with E-state index in [0.717, 1.165) is 38.0 Å². The van der Waals surface area contributed by atoms with E-state index >= 15 is 0 Å². The third-order valence-electron chi connectivity index (χ3n) is 5.92. The van der Waals surface area contributed by atoms with Crippen LogP contribution in [0, 0.1) is 11.8 Å². The first-order chi connectivity index (χ1) is 14.1. The number of rotatable bonds is 6. The molecule has 1 aromatic heterocycles. The summed E-state index contributed by atoms with van der Waals surface area (Å²) in [5.41, 5.74) is 13.2. The molecule has 2 bridgehead atoms. The first-order valence-corrected chi connectivity index (χ1v) is 10.0. The molecule has 5 rings (SSSR count). The third kappa shape index (κ3) is 4.11. The average molecular weight is 425 g/mol. The zero-order chi connectivity index (χ0) is 21.6. The molecule has 3 saturated heterocycles. The summed E-state index contributed by atoms with van der Waals surface area (Å²) in [4.78, 5) is 11.1. The molecule has 1 aliphatic carbocycles. The van der Waals surface area contributed by atoms with Crippen LogP contribution >= 0.6 is 0 Å². The van der Waals surface area contributed by atoms with E-state index in [9.17, 15) is 13.2 Å². The van der Waals surface area contributed by atoms with Crippen LogP contribution in [0.25, 0.3) is 5.70 Å². The quantitative estimate of drug-likeness (QED) is 0.680. The maximum absolute atomic E-state index is 12.6. The fourth-order valence-corrected chi connectivity index (χ4v) is 4.51. The number of anilines is 1. The SMILES string of the molecule is CC(C)N=C(C=C(N)c1cnc(N)c(OC(F)(F)F)c1)[C@@H]1C2C[C@H]1CN2C1COC1. The van der Waals surface area contributed by atoms with Gasteiger partial charge in [0.25, 0.3) is 0 Å². The molecule has 3 aliphatic heterocycles. The van der Waals surface area contributed by atoms with Gasteiger partial charge in [-0.25, -0.2) is 4.98 Å². The summed E-state index contributed by atoms with van der Waals surface area (Å²) in [6, 6.07) is 2.09. The molecule has 164 valence electrons. The second-order valence-electron chi connectivity index (χ2n) is 8.38. The summed E-state index contributed by atoms with van der Waals surface area (Å²) in [6.45, 7) is 6.53. The molecule has 1 aromatic rings. The van der Waals surface area contributed by atoms with E-state index in [1.807, 2.05) is 13.8 Å². The Morgan fingerprint density at radius 1 is 1.40 bits per heavy atom. The monoisotopic (exact) mass is 425 g/mol. The Labute approximate surface area is 172 Å². The Morgan fingerprint density at radius 3 is 2.73 bits per heavy atom. The topological polar surface area (TPSA) is 99.0 Å². The normalized spacial score (nSPS) is 27.9. The molecule has 0 spiro atoms. The maximum Gasteiger partial charge on any atom is 0.573 e. The van der Waals surface area contributed by atoms with Gasteiger partial charge in [-0.05, 0) is 38.3 Å². The molecule has 4 heterocycles. The number of nitrogens with zero attached hydrogens (tertiary/aromatic N) is 3. The Bertz CT molecular complexity index is 866. The van der Waals surface area contributed by atoms with E-state index in [-0.39, 0.29) is 23.5 Å². The van der Waals surface area contributed by atoms with Crippen molar-refractivity contribution in [1.29, 1.82) is 0 Å². The number of pyridine rings is 1. The molecule has 10 heteroatoms. The first-order valence-electron chi connectivity index (χ1n) is 10.0. The number of nitrogens with two attached hydrogens (primary N) is 2. The van der Waals surface area contributed by atoms with Gasteiger partial charge < -0.3 is 20.9 Å². The molecular weight excluding hydrogens is 399 g/mol. The minimum absolute atomic E-state index is 0.0678. The van der Waals surface area contributed by atoms with Crippen molar-refractivity contribution >= 4 is 17.2 Å². The van der Waals surface area contributed by atoms with Gasteiger partial charge in [0, 0.05) is 47.7 Å². The van der Waals surface area contributed by atoms with Crippen molar-refractivity contribution < 1.29 is 22.6 Å². The number of fused-ring (bicyclic) bond motifs is 1. The highest BCUT2D eigenvalue weighted by Crippen LogP contribution is 2.49. The summed E-state index contributed by atoms with van der Waals surface area (Å²) in [6.07, 6.45) is -0.643. The maximum atomic E-state index is 12.6. The lowest BCUT2D eigenvalue weighted by atomic mass is 9.70. The lowest BCUT2D eigenvalue weighted by Crippen LogP contribution is -2.52. The molecule has 30 heavy (non-hydrogen) atoms. The van der Waals surface area contributed by atoms with Crippen molar-refractivity contribution in [3.63, 3.8) is 0 Å². The van der Waals surface area contributed by atoms with E-state index in [1.165, 1.54) is 6.20 Å². The predicted molar refractivity (Wildman–Crippen MR) is 107 cm³/mol. The minimum atomic E-state index is -4.86. The number of allylic oxidation sites excluding steroid dienone is 1. The second kappa shape index (κ2) is 7.73. The van der Waals surface area contributed by atoms with Crippen LogP contribution in [0.15, 0.2) is 23.3 Å². The summed E-state index contributed by atoms with van der Waals surface area (Å²) in [7, 11) is 0. The van der Waals surface area contributed by atoms with Crippen molar-refractivity contribution in [2.75, 3.05) is 25.5 Å². The second-order valence-corrected chi connectivity index (χ2v) is 8.38. The van der Waals surface area contributed by atoms with Gasteiger partial charge in [0.05, 0.1) is 19.3 Å². The lowest BCUT2D eigenvalue weighted by molar-refractivity contribution is -0.274. The smallest absolute Gasteiger partial charge is 0.402 e. The van der Waals surface area contributed by atoms with Crippen molar-refractivity contribution in [3.05, 3.63) is 23.9 Å². The van der Waals surface area contributed by atoms with Gasteiger partial charge in [-0.1, -0.05) is 0 Å². The highest BCUT2D eigenvalue weighted by atomic mass is 19.4. The van der Waals surface area contributed by atoms with Crippen LogP contribution in [0.5, 0.6) is 5.75 Å². The number of aliphatic imine (C=N–C) groups is 1. The molecule has 1 saturated carbocycles. The van der Waals surface area contributed by atoms with Gasteiger partial charge in [0.1, 0.15) is 0 Å². The number of hydrogen-bond acceptors (Lipinski definition) is 7. The molecule has 4 fully saturated rings. The van der Waals surface area contributed by atoms with Gasteiger partial charge in [-0.3, -0.25) is 9.89 Å². The molecule has 1 unspecified atom stereocenters. The Balaban J connectivity index is 1.58. The predicted octanol–water partition coefficient (Wildman–Crippen LogP) is 2.43. The van der Waals surface area contributed by atoms with Crippen molar-refractivity contribution in [2.45, 2.75) is 44.8 Å². The van der Waals surface area contributed by atoms with E-state index < -0.39 is 12.1 Å². The van der Waals surface area contributed by atoms with Gasteiger partial charge in [0.15, 0.2) is 11.6 Å². The number of hydrogen-bond donors (Lipinski definition) is 2. The average Bonchev–Trinajstić information content (AvgIpc) is 3.12. The van der Waals surface area contributed by atoms with E-state index in [4.69, 9.17) is 21.2 Å². The van der Waals surface area contributed by atoms with E-state index in [0.29, 0.717) is 23.6 Å². The highest BCUT2D eigenvalue weighted by Gasteiger charge is 2.56. The van der Waals surface area contributed by atoms with Crippen LogP contribution in [0.3, 0.4) is 0 Å². The van der Waals surface area contributed by atoms with Crippen LogP contribution in [-0.2, 0) is 4.74 Å². The van der Waals surface area contributed by atoms with Crippen LogP contribution in [0.2, 0.25) is 0 Å². The molecule has 4 aliphatic rings. The standard InChI is InChI=1S/C20H26F3N5O2/c1-10(2)27-15(18-12-3-16(18)28(7-12)13-8-29-9-13)5-14(24)11-4-17(19(25)26-6-11)30-20(21,22)23/h4-6,10,12-13,16,18H,3,7-9,24H2,1-2H3,(H2,25,26)/t12-,16?,18+/m0/s1. The van der Waals surface area contributed by atoms with E-state index in [2.05, 4.69) is 14.6 Å². The number of alkyl halides is 3. The lowest BCUT2D eigenvalue weighted by Gasteiger charge is -2.42. The third-order valence-corrected chi connectivity index (χ3v) is 5.92. The van der Waals surface area contributed by atoms with Gasteiger partial charge in [-0.2, -0.15) is 0 Å². The molecule has 0 aromatic carbocycles. The summed E-state index contributed by atoms with van der Waals surface area (Å²) in [5.74, 6) is -0.154. The number of nitrogen functional groups attached to an aromatic ring is 1. The van der Waals surface area contributed by atoms with Crippen LogP contribution < -0.4 is 16.2 Å². The largest absolute Gasteiger partial charge is 0.573 e. The summed E-state index contributed by atoms with van der Waals surface area (Å²) >= 11 is 0. The van der Waals surface area contributed by atoms with Crippen molar-refractivity contribution in [1.82, 2.24) is 9.88 Å². The van der Waals surface area contributed by atoms with Crippen LogP contribution in [0.1, 0.15) is 25.8 Å². The summed E-state index contributed by atoms with van der Waals surface area (Å²) < 4.78 is 47.1. The minimum Gasteiger partial charge on any atom is -0.402 e. The molecule has 0 amide bonds. The first kappa shape index (κ1) is 20.9. The van der Waals surface area contributed by atoms with E-state index in [1.54, 1.807) is 6.08 Å². The molecule has 4 N–H and O–H groups in total. The number of ether oxygens (including phenoxy) is 2.